The lowest BCUT2D eigenvalue weighted by atomic mass is 10.2. The first-order chi connectivity index (χ1) is 8.69. The first-order valence-corrected chi connectivity index (χ1v) is 8.27. The summed E-state index contributed by atoms with van der Waals surface area (Å²) < 4.78 is 2.21. The van der Waals surface area contributed by atoms with Crippen molar-refractivity contribution in [3.63, 3.8) is 0 Å². The van der Waals surface area contributed by atoms with Crippen LogP contribution in [-0.4, -0.2) is 11.5 Å². The van der Waals surface area contributed by atoms with Crippen LogP contribution in [-0.2, 0) is 6.54 Å². The first-order valence-electron chi connectivity index (χ1n) is 5.78. The van der Waals surface area contributed by atoms with Gasteiger partial charge in [0.1, 0.15) is 0 Å². The smallest absolute Gasteiger partial charge is 0.154 e. The van der Waals surface area contributed by atoms with Crippen molar-refractivity contribution in [2.45, 2.75) is 29.6 Å². The summed E-state index contributed by atoms with van der Waals surface area (Å²) in [6.07, 6.45) is 0. The van der Waals surface area contributed by atoms with Crippen molar-refractivity contribution >= 4 is 39.0 Å². The van der Waals surface area contributed by atoms with Crippen LogP contribution in [0.15, 0.2) is 37.3 Å². The maximum absolute atomic E-state index is 4.50. The van der Waals surface area contributed by atoms with E-state index in [-0.39, 0.29) is 0 Å². The third-order valence-electron chi connectivity index (χ3n) is 2.39. The minimum Gasteiger partial charge on any atom is -0.313 e. The fraction of sp³-hybridized carbons (Fsp3) is 0.308. The van der Waals surface area contributed by atoms with E-state index in [1.807, 2.05) is 6.92 Å². The van der Waals surface area contributed by atoms with E-state index < -0.39 is 0 Å². The maximum Gasteiger partial charge on any atom is 0.154 e. The largest absolute Gasteiger partial charge is 0.313 e. The van der Waals surface area contributed by atoms with Gasteiger partial charge in [0.25, 0.3) is 0 Å². The molecule has 1 aromatic heterocycles. The predicted octanol–water partition coefficient (Wildman–Crippen LogP) is 4.47. The quantitative estimate of drug-likeness (QED) is 0.867. The molecular formula is C13H15BrN2S2. The molecule has 1 aromatic carbocycles. The Hall–Kier alpha value is -0.360. The standard InChI is InChI=1S/C13H15BrN2S2/c1-3-15-7-10-4-5-11(14)6-12(10)18-13-16-9(2)8-17-13/h4-6,8,15H,3,7H2,1-2H3. The third kappa shape index (κ3) is 3.82. The summed E-state index contributed by atoms with van der Waals surface area (Å²) >= 11 is 6.97. The Labute approximate surface area is 124 Å². The zero-order valence-electron chi connectivity index (χ0n) is 10.4. The Bertz CT molecular complexity index is 525. The second-order valence-electron chi connectivity index (χ2n) is 3.89. The molecule has 0 saturated heterocycles. The van der Waals surface area contributed by atoms with Gasteiger partial charge in [-0.05, 0) is 31.2 Å². The Balaban J connectivity index is 2.21. The topological polar surface area (TPSA) is 24.9 Å². The van der Waals surface area contributed by atoms with Crippen molar-refractivity contribution in [2.75, 3.05) is 6.54 Å². The summed E-state index contributed by atoms with van der Waals surface area (Å²) in [4.78, 5) is 5.77. The second kappa shape index (κ2) is 6.70. The molecule has 0 aliphatic carbocycles. The molecule has 1 heterocycles. The molecule has 0 aliphatic rings. The first kappa shape index (κ1) is 14.1. The highest BCUT2D eigenvalue weighted by Crippen LogP contribution is 2.34. The Morgan fingerprint density at radius 2 is 2.28 bits per heavy atom. The monoisotopic (exact) mass is 342 g/mol. The zero-order valence-corrected chi connectivity index (χ0v) is 13.6. The van der Waals surface area contributed by atoms with E-state index >= 15 is 0 Å². The molecule has 0 radical (unpaired) electrons. The van der Waals surface area contributed by atoms with Gasteiger partial charge < -0.3 is 5.32 Å². The predicted molar refractivity (Wildman–Crippen MR) is 82.5 cm³/mol. The lowest BCUT2D eigenvalue weighted by molar-refractivity contribution is 0.718. The van der Waals surface area contributed by atoms with Crippen LogP contribution in [0.25, 0.3) is 0 Å². The maximum atomic E-state index is 4.50. The highest BCUT2D eigenvalue weighted by Gasteiger charge is 2.07. The van der Waals surface area contributed by atoms with Gasteiger partial charge in [-0.15, -0.1) is 11.3 Å². The molecule has 0 unspecified atom stereocenters. The van der Waals surface area contributed by atoms with Crippen molar-refractivity contribution in [1.29, 1.82) is 0 Å². The molecule has 2 nitrogen and oxygen atoms in total. The van der Waals surface area contributed by atoms with E-state index in [0.717, 1.165) is 27.6 Å². The highest BCUT2D eigenvalue weighted by molar-refractivity contribution is 9.10. The lowest BCUT2D eigenvalue weighted by Crippen LogP contribution is -2.12. The molecular weight excluding hydrogens is 328 g/mol. The van der Waals surface area contributed by atoms with E-state index in [0.29, 0.717) is 0 Å². The molecule has 0 spiro atoms. The van der Waals surface area contributed by atoms with Gasteiger partial charge in [-0.2, -0.15) is 0 Å². The minimum atomic E-state index is 0.899. The van der Waals surface area contributed by atoms with Gasteiger partial charge in [-0.25, -0.2) is 4.98 Å². The molecule has 0 amide bonds. The summed E-state index contributed by atoms with van der Waals surface area (Å²) in [6.45, 7) is 6.03. The van der Waals surface area contributed by atoms with Gasteiger partial charge in [0.05, 0.1) is 0 Å². The van der Waals surface area contributed by atoms with Crippen molar-refractivity contribution in [2.24, 2.45) is 0 Å². The van der Waals surface area contributed by atoms with Crippen LogP contribution in [0.5, 0.6) is 0 Å². The van der Waals surface area contributed by atoms with Crippen LogP contribution in [0.4, 0.5) is 0 Å². The van der Waals surface area contributed by atoms with Crippen LogP contribution in [0.2, 0.25) is 0 Å². The molecule has 0 atom stereocenters. The Morgan fingerprint density at radius 1 is 1.44 bits per heavy atom. The van der Waals surface area contributed by atoms with Crippen LogP contribution in [0.3, 0.4) is 0 Å². The van der Waals surface area contributed by atoms with Crippen LogP contribution < -0.4 is 5.32 Å². The number of thiazole rings is 1. The minimum absolute atomic E-state index is 0.899. The molecule has 1 N–H and O–H groups in total. The van der Waals surface area contributed by atoms with Gasteiger partial charge in [-0.1, -0.05) is 40.7 Å². The summed E-state index contributed by atoms with van der Waals surface area (Å²) in [5, 5.41) is 5.46. The Kier molecular flexibility index (Phi) is 5.24. The van der Waals surface area contributed by atoms with Crippen molar-refractivity contribution in [1.82, 2.24) is 10.3 Å². The SMILES string of the molecule is CCNCc1ccc(Br)cc1Sc1nc(C)cs1. The lowest BCUT2D eigenvalue weighted by Gasteiger charge is -2.08. The van der Waals surface area contributed by atoms with Crippen molar-refractivity contribution in [3.05, 3.63) is 39.3 Å². The number of nitrogens with one attached hydrogen (secondary N) is 1. The van der Waals surface area contributed by atoms with E-state index in [1.54, 1.807) is 23.1 Å². The van der Waals surface area contributed by atoms with Crippen LogP contribution >= 0.6 is 39.0 Å². The molecule has 0 saturated carbocycles. The molecule has 0 fully saturated rings. The van der Waals surface area contributed by atoms with Gasteiger partial charge in [-0.3, -0.25) is 0 Å². The normalized spacial score (nSPS) is 10.8. The van der Waals surface area contributed by atoms with Gasteiger partial charge in [0.15, 0.2) is 4.34 Å². The average Bonchev–Trinajstić information content (AvgIpc) is 2.74. The molecule has 2 aromatic rings. The number of hydrogen-bond acceptors (Lipinski definition) is 4. The second-order valence-corrected chi connectivity index (χ2v) is 6.95. The van der Waals surface area contributed by atoms with E-state index in [1.165, 1.54) is 10.5 Å². The molecule has 0 bridgehead atoms. The molecule has 2 rings (SSSR count). The average molecular weight is 343 g/mol. The summed E-state index contributed by atoms with van der Waals surface area (Å²) in [6, 6.07) is 6.41. The number of halogens is 1. The van der Waals surface area contributed by atoms with E-state index in [9.17, 15) is 0 Å². The fourth-order valence-electron chi connectivity index (χ4n) is 1.50. The number of benzene rings is 1. The summed E-state index contributed by atoms with van der Waals surface area (Å²) in [5.41, 5.74) is 2.41. The van der Waals surface area contributed by atoms with E-state index in [2.05, 4.69) is 56.7 Å². The van der Waals surface area contributed by atoms with Gasteiger partial charge in [0.2, 0.25) is 0 Å². The Morgan fingerprint density at radius 3 is 2.94 bits per heavy atom. The van der Waals surface area contributed by atoms with Crippen molar-refractivity contribution < 1.29 is 0 Å². The van der Waals surface area contributed by atoms with Crippen molar-refractivity contribution in [3.8, 4) is 0 Å². The van der Waals surface area contributed by atoms with Crippen LogP contribution in [0, 0.1) is 6.92 Å². The third-order valence-corrected chi connectivity index (χ3v) is 5.04. The zero-order chi connectivity index (χ0) is 13.0. The highest BCUT2D eigenvalue weighted by atomic mass is 79.9. The number of aromatic nitrogens is 1. The van der Waals surface area contributed by atoms with Gasteiger partial charge >= 0.3 is 0 Å². The fourth-order valence-corrected chi connectivity index (χ4v) is 3.98. The number of aryl methyl sites for hydroxylation is 1. The molecule has 0 aliphatic heterocycles. The number of rotatable bonds is 5. The number of nitrogens with zero attached hydrogens (tertiary/aromatic N) is 1. The molecule has 18 heavy (non-hydrogen) atoms. The van der Waals surface area contributed by atoms with Gasteiger partial charge in [0, 0.05) is 27.0 Å². The molecule has 5 heteroatoms. The summed E-state index contributed by atoms with van der Waals surface area (Å²) in [7, 11) is 0. The molecule has 96 valence electrons. The van der Waals surface area contributed by atoms with E-state index in [4.69, 9.17) is 0 Å². The van der Waals surface area contributed by atoms with Crippen LogP contribution in [0.1, 0.15) is 18.2 Å². The summed E-state index contributed by atoms with van der Waals surface area (Å²) in [5.74, 6) is 0. The number of hydrogen-bond donors (Lipinski definition) is 1.